The first kappa shape index (κ1) is 14.3. The SMILES string of the molecule is Cc1cc2ncc(N3CCN[C@@H](C(C)C)C3)nc2cc1C. The molecule has 4 heteroatoms. The number of fused-ring (bicyclic) bond motifs is 1. The summed E-state index contributed by atoms with van der Waals surface area (Å²) in [6.07, 6.45) is 1.92. The molecule has 1 saturated heterocycles. The number of aromatic nitrogens is 2. The average molecular weight is 284 g/mol. The van der Waals surface area contributed by atoms with Gasteiger partial charge in [0.2, 0.25) is 0 Å². The summed E-state index contributed by atoms with van der Waals surface area (Å²) < 4.78 is 0. The van der Waals surface area contributed by atoms with Crippen LogP contribution in [0.2, 0.25) is 0 Å². The van der Waals surface area contributed by atoms with Crippen molar-refractivity contribution in [2.24, 2.45) is 5.92 Å². The molecule has 1 aliphatic heterocycles. The van der Waals surface area contributed by atoms with Gasteiger partial charge in [-0.25, -0.2) is 4.98 Å². The maximum absolute atomic E-state index is 4.83. The first-order valence-corrected chi connectivity index (χ1v) is 7.77. The van der Waals surface area contributed by atoms with Gasteiger partial charge in [0.25, 0.3) is 0 Å². The number of aryl methyl sites for hydroxylation is 2. The Kier molecular flexibility index (Phi) is 3.81. The Balaban J connectivity index is 1.91. The van der Waals surface area contributed by atoms with E-state index in [-0.39, 0.29) is 0 Å². The zero-order valence-electron chi connectivity index (χ0n) is 13.3. The van der Waals surface area contributed by atoms with Gasteiger partial charge in [-0.1, -0.05) is 13.8 Å². The smallest absolute Gasteiger partial charge is 0.147 e. The molecule has 2 aromatic rings. The van der Waals surface area contributed by atoms with Gasteiger partial charge >= 0.3 is 0 Å². The number of nitrogens with one attached hydrogen (secondary N) is 1. The van der Waals surface area contributed by atoms with Gasteiger partial charge in [0.1, 0.15) is 5.82 Å². The van der Waals surface area contributed by atoms with E-state index in [4.69, 9.17) is 4.98 Å². The quantitative estimate of drug-likeness (QED) is 0.920. The summed E-state index contributed by atoms with van der Waals surface area (Å²) in [5, 5.41) is 3.58. The highest BCUT2D eigenvalue weighted by Gasteiger charge is 2.22. The molecule has 1 N–H and O–H groups in total. The minimum atomic E-state index is 0.524. The minimum absolute atomic E-state index is 0.524. The van der Waals surface area contributed by atoms with Gasteiger partial charge in [0.15, 0.2) is 0 Å². The fourth-order valence-corrected chi connectivity index (χ4v) is 2.84. The molecule has 1 atom stereocenters. The molecule has 0 amide bonds. The second-order valence-corrected chi connectivity index (χ2v) is 6.40. The van der Waals surface area contributed by atoms with Crippen LogP contribution in [0, 0.1) is 19.8 Å². The van der Waals surface area contributed by atoms with Crippen LogP contribution in [-0.2, 0) is 0 Å². The summed E-state index contributed by atoms with van der Waals surface area (Å²) in [5.74, 6) is 1.63. The molecule has 0 aliphatic carbocycles. The lowest BCUT2D eigenvalue weighted by Gasteiger charge is -2.36. The molecule has 2 heterocycles. The summed E-state index contributed by atoms with van der Waals surface area (Å²) in [7, 11) is 0. The predicted molar refractivity (Wildman–Crippen MR) is 87.9 cm³/mol. The van der Waals surface area contributed by atoms with E-state index in [0.717, 1.165) is 36.5 Å². The number of hydrogen-bond acceptors (Lipinski definition) is 4. The number of anilines is 1. The van der Waals surface area contributed by atoms with Gasteiger partial charge in [-0.2, -0.15) is 0 Å². The van der Waals surface area contributed by atoms with E-state index >= 15 is 0 Å². The number of benzene rings is 1. The number of piperazine rings is 1. The molecular weight excluding hydrogens is 260 g/mol. The summed E-state index contributed by atoms with van der Waals surface area (Å²) in [6, 6.07) is 4.79. The van der Waals surface area contributed by atoms with Crippen LogP contribution < -0.4 is 10.2 Å². The Morgan fingerprint density at radius 3 is 2.62 bits per heavy atom. The Morgan fingerprint density at radius 2 is 1.90 bits per heavy atom. The molecule has 1 aromatic heterocycles. The summed E-state index contributed by atoms with van der Waals surface area (Å²) in [6.45, 7) is 11.8. The molecule has 3 rings (SSSR count). The van der Waals surface area contributed by atoms with Crippen LogP contribution in [0.4, 0.5) is 5.82 Å². The van der Waals surface area contributed by atoms with Crippen LogP contribution in [0.5, 0.6) is 0 Å². The van der Waals surface area contributed by atoms with Crippen LogP contribution in [-0.4, -0.2) is 35.6 Å². The fourth-order valence-electron chi connectivity index (χ4n) is 2.84. The van der Waals surface area contributed by atoms with Crippen molar-refractivity contribution in [3.8, 4) is 0 Å². The Bertz CT molecular complexity index is 651. The van der Waals surface area contributed by atoms with Gasteiger partial charge < -0.3 is 10.2 Å². The van der Waals surface area contributed by atoms with Crippen LogP contribution in [0.1, 0.15) is 25.0 Å². The van der Waals surface area contributed by atoms with Gasteiger partial charge in [-0.15, -0.1) is 0 Å². The maximum atomic E-state index is 4.83. The molecule has 112 valence electrons. The Hall–Kier alpha value is -1.68. The van der Waals surface area contributed by atoms with Crippen molar-refractivity contribution < 1.29 is 0 Å². The molecule has 0 unspecified atom stereocenters. The lowest BCUT2D eigenvalue weighted by molar-refractivity contribution is 0.367. The van der Waals surface area contributed by atoms with E-state index in [2.05, 4.69) is 55.0 Å². The normalized spacial score (nSPS) is 19.5. The lowest BCUT2D eigenvalue weighted by atomic mass is 10.0. The third kappa shape index (κ3) is 2.86. The molecule has 0 radical (unpaired) electrons. The molecular formula is C17H24N4. The molecule has 4 nitrogen and oxygen atoms in total. The second-order valence-electron chi connectivity index (χ2n) is 6.40. The molecule has 1 fully saturated rings. The molecule has 0 saturated carbocycles. The van der Waals surface area contributed by atoms with E-state index in [1.165, 1.54) is 11.1 Å². The molecule has 1 aromatic carbocycles. The van der Waals surface area contributed by atoms with E-state index in [9.17, 15) is 0 Å². The first-order chi connectivity index (χ1) is 10.0. The monoisotopic (exact) mass is 284 g/mol. The Labute approximate surface area is 126 Å². The second kappa shape index (κ2) is 5.60. The highest BCUT2D eigenvalue weighted by Crippen LogP contribution is 2.21. The fraction of sp³-hybridized carbons (Fsp3) is 0.529. The first-order valence-electron chi connectivity index (χ1n) is 7.77. The third-order valence-corrected chi connectivity index (χ3v) is 4.48. The van der Waals surface area contributed by atoms with Crippen LogP contribution in [0.25, 0.3) is 11.0 Å². The molecule has 0 bridgehead atoms. The average Bonchev–Trinajstić information content (AvgIpc) is 2.48. The number of hydrogen-bond donors (Lipinski definition) is 1. The van der Waals surface area contributed by atoms with E-state index in [1.807, 2.05) is 6.20 Å². The van der Waals surface area contributed by atoms with E-state index in [0.29, 0.717) is 12.0 Å². The van der Waals surface area contributed by atoms with E-state index in [1.54, 1.807) is 0 Å². The summed E-state index contributed by atoms with van der Waals surface area (Å²) in [4.78, 5) is 11.8. The van der Waals surface area contributed by atoms with Gasteiger partial charge in [-0.3, -0.25) is 4.98 Å². The highest BCUT2D eigenvalue weighted by atomic mass is 15.2. The van der Waals surface area contributed by atoms with Crippen molar-refractivity contribution in [2.75, 3.05) is 24.5 Å². The Morgan fingerprint density at radius 1 is 1.19 bits per heavy atom. The summed E-state index contributed by atoms with van der Waals surface area (Å²) in [5.41, 5.74) is 4.52. The standard InChI is InChI=1S/C17H24N4/c1-11(2)16-10-21(6-5-18-16)17-9-19-14-7-12(3)13(4)8-15(14)20-17/h7-9,11,16,18H,5-6,10H2,1-4H3/t16-/m1/s1. The van der Waals surface area contributed by atoms with Crippen molar-refractivity contribution in [3.05, 3.63) is 29.5 Å². The van der Waals surface area contributed by atoms with Crippen LogP contribution in [0.15, 0.2) is 18.3 Å². The van der Waals surface area contributed by atoms with Crippen molar-refractivity contribution in [2.45, 2.75) is 33.7 Å². The van der Waals surface area contributed by atoms with Gasteiger partial charge in [0.05, 0.1) is 17.2 Å². The highest BCUT2D eigenvalue weighted by molar-refractivity contribution is 5.77. The number of rotatable bonds is 2. The lowest BCUT2D eigenvalue weighted by Crippen LogP contribution is -2.53. The minimum Gasteiger partial charge on any atom is -0.352 e. The topological polar surface area (TPSA) is 41.1 Å². The summed E-state index contributed by atoms with van der Waals surface area (Å²) >= 11 is 0. The molecule has 0 spiro atoms. The predicted octanol–water partition coefficient (Wildman–Crippen LogP) is 2.68. The van der Waals surface area contributed by atoms with Crippen LogP contribution >= 0.6 is 0 Å². The van der Waals surface area contributed by atoms with Crippen LogP contribution in [0.3, 0.4) is 0 Å². The zero-order chi connectivity index (χ0) is 15.0. The third-order valence-electron chi connectivity index (χ3n) is 4.48. The molecule has 21 heavy (non-hydrogen) atoms. The largest absolute Gasteiger partial charge is 0.352 e. The van der Waals surface area contributed by atoms with Crippen molar-refractivity contribution >= 4 is 16.9 Å². The number of nitrogens with zero attached hydrogens (tertiary/aromatic N) is 3. The van der Waals surface area contributed by atoms with Gasteiger partial charge in [-0.05, 0) is 43.0 Å². The molecule has 1 aliphatic rings. The van der Waals surface area contributed by atoms with Gasteiger partial charge in [0, 0.05) is 25.7 Å². The maximum Gasteiger partial charge on any atom is 0.147 e. The van der Waals surface area contributed by atoms with E-state index < -0.39 is 0 Å². The van der Waals surface area contributed by atoms with Crippen molar-refractivity contribution in [1.82, 2.24) is 15.3 Å². The zero-order valence-corrected chi connectivity index (χ0v) is 13.3. The van der Waals surface area contributed by atoms with Crippen molar-refractivity contribution in [1.29, 1.82) is 0 Å². The van der Waals surface area contributed by atoms with Crippen molar-refractivity contribution in [3.63, 3.8) is 0 Å².